The summed E-state index contributed by atoms with van der Waals surface area (Å²) >= 11 is 4.58. The van der Waals surface area contributed by atoms with Crippen molar-refractivity contribution in [3.05, 3.63) is 34.1 Å². The van der Waals surface area contributed by atoms with Crippen molar-refractivity contribution in [2.45, 2.75) is 19.1 Å². The second-order valence-electron chi connectivity index (χ2n) is 3.38. The zero-order valence-corrected chi connectivity index (χ0v) is 11.0. The van der Waals surface area contributed by atoms with Crippen molar-refractivity contribution < 1.29 is 9.18 Å². The number of carbonyl (C=O) groups excluding carboxylic acids is 1. The molecule has 0 bridgehead atoms. The van der Waals surface area contributed by atoms with Crippen LogP contribution in [0.25, 0.3) is 0 Å². The maximum absolute atomic E-state index is 13.5. The molecule has 0 spiro atoms. The molecule has 0 N–H and O–H groups in total. The van der Waals surface area contributed by atoms with E-state index in [1.165, 1.54) is 17.8 Å². The van der Waals surface area contributed by atoms with E-state index in [-0.39, 0.29) is 11.3 Å². The normalized spacial score (nSPS) is 10.7. The van der Waals surface area contributed by atoms with Gasteiger partial charge in [-0.05, 0) is 33.3 Å². The van der Waals surface area contributed by atoms with Gasteiger partial charge in [0.2, 0.25) is 0 Å². The Morgan fingerprint density at radius 1 is 1.53 bits per heavy atom. The van der Waals surface area contributed by atoms with Crippen molar-refractivity contribution in [1.82, 2.24) is 0 Å². The zero-order chi connectivity index (χ0) is 11.4. The monoisotopic (exact) mass is 290 g/mol. The molecule has 1 nitrogen and oxygen atoms in total. The van der Waals surface area contributed by atoms with Gasteiger partial charge in [-0.1, -0.05) is 19.9 Å². The molecule has 0 aliphatic carbocycles. The van der Waals surface area contributed by atoms with Crippen LogP contribution >= 0.6 is 27.7 Å². The van der Waals surface area contributed by atoms with Gasteiger partial charge in [0.05, 0.1) is 15.8 Å². The van der Waals surface area contributed by atoms with E-state index in [1.54, 1.807) is 12.1 Å². The summed E-state index contributed by atoms with van der Waals surface area (Å²) in [5.74, 6) is -0.301. The largest absolute Gasteiger partial charge is 0.293 e. The topological polar surface area (TPSA) is 17.1 Å². The molecule has 0 fully saturated rings. The van der Waals surface area contributed by atoms with E-state index in [0.717, 1.165) is 0 Å². The third kappa shape index (κ3) is 3.61. The molecule has 0 unspecified atom stereocenters. The summed E-state index contributed by atoms with van der Waals surface area (Å²) in [5, 5.41) is 0.379. The summed E-state index contributed by atoms with van der Waals surface area (Å²) in [5.41, 5.74) is 0.164. The van der Waals surface area contributed by atoms with Gasteiger partial charge >= 0.3 is 0 Å². The van der Waals surface area contributed by atoms with Crippen molar-refractivity contribution in [2.75, 3.05) is 5.75 Å². The summed E-state index contributed by atoms with van der Waals surface area (Å²) in [4.78, 5) is 11.6. The van der Waals surface area contributed by atoms with Crippen LogP contribution in [0, 0.1) is 5.82 Å². The van der Waals surface area contributed by atoms with E-state index >= 15 is 0 Å². The maximum Gasteiger partial charge on any atom is 0.175 e. The Morgan fingerprint density at radius 2 is 2.20 bits per heavy atom. The smallest absolute Gasteiger partial charge is 0.175 e. The summed E-state index contributed by atoms with van der Waals surface area (Å²) in [6, 6.07) is 4.77. The molecule has 4 heteroatoms. The Labute approximate surface area is 102 Å². The molecule has 0 heterocycles. The van der Waals surface area contributed by atoms with Gasteiger partial charge in [0, 0.05) is 0 Å². The minimum atomic E-state index is -0.466. The van der Waals surface area contributed by atoms with Crippen molar-refractivity contribution in [1.29, 1.82) is 0 Å². The number of halogens is 2. The molecule has 0 saturated carbocycles. The van der Waals surface area contributed by atoms with Crippen LogP contribution in [0.15, 0.2) is 22.7 Å². The Hall–Kier alpha value is -0.350. The van der Waals surface area contributed by atoms with Gasteiger partial charge in [0.1, 0.15) is 5.82 Å². The van der Waals surface area contributed by atoms with E-state index in [2.05, 4.69) is 15.9 Å². The van der Waals surface area contributed by atoms with E-state index in [9.17, 15) is 9.18 Å². The molecular weight excluding hydrogens is 279 g/mol. The molecule has 15 heavy (non-hydrogen) atoms. The molecule has 0 aliphatic rings. The fourth-order valence-electron chi connectivity index (χ4n) is 1.04. The van der Waals surface area contributed by atoms with E-state index < -0.39 is 5.82 Å². The second kappa shape index (κ2) is 5.66. The van der Waals surface area contributed by atoms with E-state index in [4.69, 9.17) is 0 Å². The van der Waals surface area contributed by atoms with Crippen molar-refractivity contribution in [3.8, 4) is 0 Å². The molecule has 1 aromatic carbocycles. The summed E-state index contributed by atoms with van der Waals surface area (Å²) in [7, 11) is 0. The highest BCUT2D eigenvalue weighted by Gasteiger charge is 2.14. The van der Waals surface area contributed by atoms with Crippen LogP contribution < -0.4 is 0 Å². The lowest BCUT2D eigenvalue weighted by Crippen LogP contribution is -2.07. The first kappa shape index (κ1) is 12.7. The molecule has 1 aromatic rings. The van der Waals surface area contributed by atoms with Crippen LogP contribution in [-0.2, 0) is 0 Å². The first-order chi connectivity index (χ1) is 7.02. The second-order valence-corrected chi connectivity index (χ2v) is 5.80. The summed E-state index contributed by atoms with van der Waals surface area (Å²) < 4.78 is 13.8. The van der Waals surface area contributed by atoms with Gasteiger partial charge in [-0.15, -0.1) is 0 Å². The molecule has 0 radical (unpaired) electrons. The Kier molecular flexibility index (Phi) is 4.80. The number of carbonyl (C=O) groups is 1. The quantitative estimate of drug-likeness (QED) is 0.782. The molecular formula is C11H12BrFOS. The highest BCUT2D eigenvalue weighted by Crippen LogP contribution is 2.20. The summed E-state index contributed by atoms with van der Waals surface area (Å²) in [6.45, 7) is 4.02. The highest BCUT2D eigenvalue weighted by molar-refractivity contribution is 9.10. The molecule has 82 valence electrons. The molecule has 1 rings (SSSR count). The van der Waals surface area contributed by atoms with Crippen LogP contribution in [-0.4, -0.2) is 16.8 Å². The van der Waals surface area contributed by atoms with Crippen LogP contribution in [0.4, 0.5) is 4.39 Å². The number of ketones is 1. The molecule has 0 saturated heterocycles. The number of hydrogen-bond acceptors (Lipinski definition) is 2. The molecule has 0 amide bonds. The first-order valence-corrected chi connectivity index (χ1v) is 6.45. The van der Waals surface area contributed by atoms with Crippen LogP contribution in [0.2, 0.25) is 0 Å². The number of Topliss-reactive ketones (excluding diaryl/α,β-unsaturated/α-hetero) is 1. The predicted octanol–water partition coefficient (Wildman–Crippen LogP) is 3.91. The zero-order valence-electron chi connectivity index (χ0n) is 8.59. The van der Waals surface area contributed by atoms with Gasteiger partial charge in [-0.25, -0.2) is 4.39 Å². The van der Waals surface area contributed by atoms with Gasteiger partial charge in [0.25, 0.3) is 0 Å². The fourth-order valence-corrected chi connectivity index (χ4v) is 2.05. The number of rotatable bonds is 4. The lowest BCUT2D eigenvalue weighted by Gasteiger charge is -2.05. The molecule has 0 aromatic heterocycles. The average molecular weight is 291 g/mol. The van der Waals surface area contributed by atoms with Gasteiger partial charge in [-0.2, -0.15) is 11.8 Å². The van der Waals surface area contributed by atoms with Gasteiger partial charge in [0.15, 0.2) is 5.78 Å². The van der Waals surface area contributed by atoms with E-state index in [0.29, 0.717) is 15.5 Å². The minimum Gasteiger partial charge on any atom is -0.293 e. The third-order valence-electron chi connectivity index (χ3n) is 1.80. The lowest BCUT2D eigenvalue weighted by molar-refractivity contribution is 0.101. The van der Waals surface area contributed by atoms with Gasteiger partial charge < -0.3 is 0 Å². The van der Waals surface area contributed by atoms with Crippen LogP contribution in [0.1, 0.15) is 24.2 Å². The van der Waals surface area contributed by atoms with Crippen molar-refractivity contribution in [3.63, 3.8) is 0 Å². The lowest BCUT2D eigenvalue weighted by atomic mass is 10.1. The predicted molar refractivity (Wildman–Crippen MR) is 66.0 cm³/mol. The van der Waals surface area contributed by atoms with Crippen molar-refractivity contribution in [2.24, 2.45) is 0 Å². The number of thioether (sulfide) groups is 1. The summed E-state index contributed by atoms with van der Waals surface area (Å²) in [6.07, 6.45) is 0. The SMILES string of the molecule is CC(C)SCC(=O)c1cccc(Br)c1F. The van der Waals surface area contributed by atoms with Crippen LogP contribution in [0.3, 0.4) is 0 Å². The molecule has 0 aliphatic heterocycles. The Balaban J connectivity index is 2.78. The third-order valence-corrected chi connectivity index (χ3v) is 3.51. The Morgan fingerprint density at radius 3 is 2.80 bits per heavy atom. The van der Waals surface area contributed by atoms with Crippen LogP contribution in [0.5, 0.6) is 0 Å². The highest BCUT2D eigenvalue weighted by atomic mass is 79.9. The van der Waals surface area contributed by atoms with Crippen molar-refractivity contribution >= 4 is 33.5 Å². The number of benzene rings is 1. The Bertz CT molecular complexity index is 366. The number of hydrogen-bond donors (Lipinski definition) is 0. The maximum atomic E-state index is 13.5. The first-order valence-electron chi connectivity index (χ1n) is 4.61. The van der Waals surface area contributed by atoms with E-state index in [1.807, 2.05) is 13.8 Å². The fraction of sp³-hybridized carbons (Fsp3) is 0.364. The minimum absolute atomic E-state index is 0.160. The molecule has 0 atom stereocenters. The average Bonchev–Trinajstić information content (AvgIpc) is 2.18. The standard InChI is InChI=1S/C11H12BrFOS/c1-7(2)15-6-10(14)8-4-3-5-9(12)11(8)13/h3-5,7H,6H2,1-2H3. The van der Waals surface area contributed by atoms with Gasteiger partial charge in [-0.3, -0.25) is 4.79 Å².